The number of benzene rings is 1. The summed E-state index contributed by atoms with van der Waals surface area (Å²) < 4.78 is 27.3. The Kier molecular flexibility index (Phi) is 7.63. The molecule has 3 aromatic heterocycles. The van der Waals surface area contributed by atoms with Gasteiger partial charge >= 0.3 is 0 Å². The largest absolute Gasteiger partial charge is 0.495 e. The number of nitrogens with zero attached hydrogens (tertiary/aromatic N) is 6. The van der Waals surface area contributed by atoms with Crippen LogP contribution in [0.3, 0.4) is 0 Å². The standard InChI is InChI=1S/C30H33FN6O5/c1-41-24-10-11-26(32-16-24)42-23-8-2-20(3-9-23)28(38)35-14-12-30(40,13-15-35)18-36-19-33-27-25(29(36)39)17-34-37(27)22-6-4-21(31)5-7-22/h4-7,10-11,16-17,19-20,23,40H,2-3,8-9,12-15,18H2,1H3. The van der Waals surface area contributed by atoms with E-state index >= 15 is 0 Å². The Labute approximate surface area is 241 Å². The summed E-state index contributed by atoms with van der Waals surface area (Å²) in [6.07, 6.45) is 8.24. The average molecular weight is 577 g/mol. The number of likely N-dealkylation sites (tertiary alicyclic amines) is 1. The number of hydrogen-bond acceptors (Lipinski definition) is 8. The highest BCUT2D eigenvalue weighted by Crippen LogP contribution is 2.31. The molecule has 1 aliphatic carbocycles. The lowest BCUT2D eigenvalue weighted by Gasteiger charge is -2.40. The van der Waals surface area contributed by atoms with E-state index in [1.165, 1.54) is 33.9 Å². The van der Waals surface area contributed by atoms with Crippen LogP contribution in [0.5, 0.6) is 11.6 Å². The molecule has 4 heterocycles. The monoisotopic (exact) mass is 576 g/mol. The van der Waals surface area contributed by atoms with E-state index in [-0.39, 0.29) is 35.9 Å². The fourth-order valence-electron chi connectivity index (χ4n) is 5.86. The van der Waals surface area contributed by atoms with E-state index in [1.54, 1.807) is 31.5 Å². The molecule has 1 aromatic carbocycles. The molecule has 42 heavy (non-hydrogen) atoms. The fourth-order valence-corrected chi connectivity index (χ4v) is 5.86. The molecule has 0 spiro atoms. The first-order valence-corrected chi connectivity index (χ1v) is 14.2. The van der Waals surface area contributed by atoms with E-state index in [0.717, 1.165) is 25.7 Å². The molecular weight excluding hydrogens is 543 g/mol. The van der Waals surface area contributed by atoms with E-state index in [1.807, 2.05) is 11.0 Å². The lowest BCUT2D eigenvalue weighted by atomic mass is 9.85. The van der Waals surface area contributed by atoms with Crippen molar-refractivity contribution in [2.24, 2.45) is 5.92 Å². The first kappa shape index (κ1) is 27.8. The topological polar surface area (TPSA) is 125 Å². The summed E-state index contributed by atoms with van der Waals surface area (Å²) >= 11 is 0. The third-order valence-electron chi connectivity index (χ3n) is 8.35. The van der Waals surface area contributed by atoms with Gasteiger partial charge in [0, 0.05) is 25.1 Å². The molecule has 12 heteroatoms. The smallest absolute Gasteiger partial charge is 0.264 e. The first-order chi connectivity index (χ1) is 20.3. The zero-order chi connectivity index (χ0) is 29.3. The van der Waals surface area contributed by atoms with Crippen molar-refractivity contribution >= 4 is 16.9 Å². The van der Waals surface area contributed by atoms with Gasteiger partial charge in [-0.2, -0.15) is 5.10 Å². The minimum absolute atomic E-state index is 0.0217. The molecule has 2 fully saturated rings. The molecule has 220 valence electrons. The number of aromatic nitrogens is 5. The van der Waals surface area contributed by atoms with Crippen LogP contribution in [0.15, 0.2) is 59.9 Å². The minimum atomic E-state index is -1.14. The second-order valence-corrected chi connectivity index (χ2v) is 11.1. The number of piperidine rings is 1. The Morgan fingerprint density at radius 3 is 2.45 bits per heavy atom. The van der Waals surface area contributed by atoms with Gasteiger partial charge in [0.2, 0.25) is 11.8 Å². The quantitative estimate of drug-likeness (QED) is 0.356. The van der Waals surface area contributed by atoms with E-state index in [0.29, 0.717) is 54.3 Å². The van der Waals surface area contributed by atoms with Gasteiger partial charge in [0.25, 0.3) is 5.56 Å². The second kappa shape index (κ2) is 11.5. The average Bonchev–Trinajstić information content (AvgIpc) is 3.45. The zero-order valence-corrected chi connectivity index (χ0v) is 23.4. The maximum Gasteiger partial charge on any atom is 0.264 e. The third kappa shape index (κ3) is 5.71. The normalized spacial score (nSPS) is 20.4. The van der Waals surface area contributed by atoms with Gasteiger partial charge in [-0.3, -0.25) is 14.2 Å². The summed E-state index contributed by atoms with van der Waals surface area (Å²) in [6.45, 7) is 0.920. The van der Waals surface area contributed by atoms with Crippen LogP contribution in [0.25, 0.3) is 16.7 Å². The van der Waals surface area contributed by atoms with Crippen LogP contribution in [-0.4, -0.2) is 72.1 Å². The van der Waals surface area contributed by atoms with Crippen LogP contribution >= 0.6 is 0 Å². The summed E-state index contributed by atoms with van der Waals surface area (Å²) in [5.41, 5.74) is -0.512. The van der Waals surface area contributed by atoms with Crippen molar-refractivity contribution in [2.75, 3.05) is 20.2 Å². The zero-order valence-electron chi connectivity index (χ0n) is 23.4. The summed E-state index contributed by atoms with van der Waals surface area (Å²) in [7, 11) is 1.59. The number of carbonyl (C=O) groups is 1. The number of methoxy groups -OCH3 is 1. The molecule has 6 rings (SSSR count). The number of ether oxygens (including phenoxy) is 2. The Balaban J connectivity index is 1.03. The highest BCUT2D eigenvalue weighted by molar-refractivity contribution is 5.79. The van der Waals surface area contributed by atoms with Gasteiger partial charge in [-0.1, -0.05) is 0 Å². The number of pyridine rings is 1. The van der Waals surface area contributed by atoms with E-state index in [2.05, 4.69) is 15.1 Å². The molecule has 1 amide bonds. The SMILES string of the molecule is COc1ccc(OC2CCC(C(=O)N3CCC(O)(Cn4cnc5c(cnn5-c5ccc(F)cc5)c4=O)CC3)CC2)nc1. The Bertz CT molecular complexity index is 1600. The van der Waals surface area contributed by atoms with Gasteiger partial charge < -0.3 is 19.5 Å². The third-order valence-corrected chi connectivity index (χ3v) is 8.35. The number of fused-ring (bicyclic) bond motifs is 1. The lowest BCUT2D eigenvalue weighted by Crippen LogP contribution is -2.51. The van der Waals surface area contributed by atoms with E-state index in [9.17, 15) is 19.1 Å². The van der Waals surface area contributed by atoms with E-state index < -0.39 is 5.60 Å². The fraction of sp³-hybridized carbons (Fsp3) is 0.433. The van der Waals surface area contributed by atoms with Gasteiger partial charge in [0.05, 0.1) is 37.3 Å². The molecule has 0 radical (unpaired) electrons. The molecule has 0 unspecified atom stereocenters. The molecule has 1 saturated heterocycles. The van der Waals surface area contributed by atoms with Crippen molar-refractivity contribution in [3.05, 3.63) is 71.3 Å². The second-order valence-electron chi connectivity index (χ2n) is 11.1. The molecule has 1 saturated carbocycles. The van der Waals surface area contributed by atoms with Crippen LogP contribution in [0.4, 0.5) is 4.39 Å². The molecule has 0 atom stereocenters. The van der Waals surface area contributed by atoms with Crippen LogP contribution in [-0.2, 0) is 11.3 Å². The predicted molar refractivity (Wildman–Crippen MR) is 151 cm³/mol. The van der Waals surface area contributed by atoms with Crippen molar-refractivity contribution in [3.8, 4) is 17.3 Å². The van der Waals surface area contributed by atoms with Gasteiger partial charge in [0.15, 0.2) is 5.65 Å². The van der Waals surface area contributed by atoms with Crippen LogP contribution < -0.4 is 15.0 Å². The highest BCUT2D eigenvalue weighted by atomic mass is 19.1. The van der Waals surface area contributed by atoms with Crippen LogP contribution in [0.1, 0.15) is 38.5 Å². The number of rotatable bonds is 7. The number of amides is 1. The van der Waals surface area contributed by atoms with E-state index in [4.69, 9.17) is 9.47 Å². The first-order valence-electron chi connectivity index (χ1n) is 14.2. The molecule has 1 N–H and O–H groups in total. The molecule has 4 aromatic rings. The highest BCUT2D eigenvalue weighted by Gasteiger charge is 2.37. The van der Waals surface area contributed by atoms with Crippen LogP contribution in [0.2, 0.25) is 0 Å². The minimum Gasteiger partial charge on any atom is -0.495 e. The molecule has 2 aliphatic rings. The number of halogens is 1. The molecule has 1 aliphatic heterocycles. The lowest BCUT2D eigenvalue weighted by molar-refractivity contribution is -0.141. The van der Waals surface area contributed by atoms with Crippen molar-refractivity contribution in [1.82, 2.24) is 29.2 Å². The maximum atomic E-state index is 13.3. The van der Waals surface area contributed by atoms with Crippen molar-refractivity contribution < 1.29 is 23.8 Å². The van der Waals surface area contributed by atoms with Crippen LogP contribution in [0, 0.1) is 11.7 Å². The molecule has 0 bridgehead atoms. The van der Waals surface area contributed by atoms with Gasteiger partial charge in [0.1, 0.15) is 29.4 Å². The Morgan fingerprint density at radius 2 is 1.79 bits per heavy atom. The summed E-state index contributed by atoms with van der Waals surface area (Å²) in [4.78, 5) is 37.0. The Morgan fingerprint density at radius 1 is 1.05 bits per heavy atom. The van der Waals surface area contributed by atoms with Crippen molar-refractivity contribution in [1.29, 1.82) is 0 Å². The maximum absolute atomic E-state index is 13.3. The summed E-state index contributed by atoms with van der Waals surface area (Å²) in [5, 5.41) is 15.9. The molecule has 11 nitrogen and oxygen atoms in total. The number of hydrogen-bond donors (Lipinski definition) is 1. The van der Waals surface area contributed by atoms with Gasteiger partial charge in [-0.05, 0) is 68.9 Å². The predicted octanol–water partition coefficient (Wildman–Crippen LogP) is 3.12. The van der Waals surface area contributed by atoms with Crippen molar-refractivity contribution in [3.63, 3.8) is 0 Å². The number of carbonyl (C=O) groups excluding carboxylic acids is 1. The number of aliphatic hydroxyl groups is 1. The summed E-state index contributed by atoms with van der Waals surface area (Å²) in [5.74, 6) is 0.909. The van der Waals surface area contributed by atoms with Gasteiger partial charge in [-0.15, -0.1) is 0 Å². The van der Waals surface area contributed by atoms with Crippen molar-refractivity contribution in [2.45, 2.75) is 56.8 Å². The summed E-state index contributed by atoms with van der Waals surface area (Å²) in [6, 6.07) is 9.35. The Hall–Kier alpha value is -4.32. The van der Waals surface area contributed by atoms with Gasteiger partial charge in [-0.25, -0.2) is 19.0 Å². The molecular formula is C30H33FN6O5.